The van der Waals surface area contributed by atoms with Crippen molar-refractivity contribution in [1.82, 2.24) is 10.3 Å². The second-order valence-corrected chi connectivity index (χ2v) is 5.80. The van der Waals surface area contributed by atoms with Gasteiger partial charge in [0.15, 0.2) is 11.6 Å². The molecule has 1 amide bonds. The van der Waals surface area contributed by atoms with Crippen LogP contribution in [0.1, 0.15) is 23.7 Å². The third-order valence-corrected chi connectivity index (χ3v) is 3.12. The minimum atomic E-state index is -3.67. The first-order chi connectivity index (χ1) is 9.35. The molecule has 0 aliphatic heterocycles. The van der Waals surface area contributed by atoms with Crippen molar-refractivity contribution in [3.63, 3.8) is 0 Å². The number of halogens is 1. The number of aromatic nitrogens is 1. The highest BCUT2D eigenvalue weighted by atomic mass is 32.2. The molecule has 0 aliphatic carbocycles. The molecule has 0 unspecified atom stereocenters. The summed E-state index contributed by atoms with van der Waals surface area (Å²) in [4.78, 5) is 15.5. The van der Waals surface area contributed by atoms with E-state index in [4.69, 9.17) is 5.14 Å². The van der Waals surface area contributed by atoms with Gasteiger partial charge in [0, 0.05) is 19.3 Å². The maximum atomic E-state index is 14.0. The average molecular weight is 304 g/mol. The van der Waals surface area contributed by atoms with Crippen LogP contribution >= 0.6 is 0 Å². The highest BCUT2D eigenvalue weighted by molar-refractivity contribution is 7.89. The van der Waals surface area contributed by atoms with Gasteiger partial charge in [-0.05, 0) is 12.5 Å². The minimum absolute atomic E-state index is 0.00838. The van der Waals surface area contributed by atoms with E-state index in [1.165, 1.54) is 12.3 Å². The number of nitrogens with zero attached hydrogens (tertiary/aromatic N) is 1. The smallest absolute Gasteiger partial charge is 0.254 e. The van der Waals surface area contributed by atoms with Crippen LogP contribution in [0.15, 0.2) is 12.3 Å². The molecule has 0 aliphatic rings. The molecule has 112 valence electrons. The number of carbonyl (C=O) groups is 1. The zero-order valence-electron chi connectivity index (χ0n) is 11.0. The van der Waals surface area contributed by atoms with Crippen molar-refractivity contribution in [1.29, 1.82) is 0 Å². The molecular formula is C11H17FN4O3S. The lowest BCUT2D eigenvalue weighted by Crippen LogP contribution is -2.32. The molecule has 1 aromatic heterocycles. The molecule has 4 N–H and O–H groups in total. The third-order valence-electron chi connectivity index (χ3n) is 2.35. The Hall–Kier alpha value is -1.74. The number of primary sulfonamides is 1. The Balaban J connectivity index is 2.73. The fraction of sp³-hybridized carbons (Fsp3) is 0.455. The van der Waals surface area contributed by atoms with Gasteiger partial charge >= 0.3 is 0 Å². The highest BCUT2D eigenvalue weighted by Gasteiger charge is 2.16. The Labute approximate surface area is 116 Å². The minimum Gasteiger partial charge on any atom is -0.368 e. The molecule has 20 heavy (non-hydrogen) atoms. The predicted octanol–water partition coefficient (Wildman–Crippen LogP) is 0.0609. The summed E-state index contributed by atoms with van der Waals surface area (Å²) in [6.07, 6.45) is 2.08. The maximum Gasteiger partial charge on any atom is 0.254 e. The van der Waals surface area contributed by atoms with Gasteiger partial charge in [-0.25, -0.2) is 22.9 Å². The molecule has 1 rings (SSSR count). The summed E-state index contributed by atoms with van der Waals surface area (Å²) in [5.74, 6) is -1.90. The van der Waals surface area contributed by atoms with Crippen LogP contribution in [0.3, 0.4) is 0 Å². The monoisotopic (exact) mass is 304 g/mol. The SMILES string of the molecule is CCCNc1nccc(C(=O)NCCS(N)(=O)=O)c1F. The number of amides is 1. The van der Waals surface area contributed by atoms with Gasteiger partial charge in [0.25, 0.3) is 5.91 Å². The van der Waals surface area contributed by atoms with E-state index in [0.717, 1.165) is 6.42 Å². The average Bonchev–Trinajstić information content (AvgIpc) is 2.36. The molecule has 0 fully saturated rings. The number of hydrogen-bond donors (Lipinski definition) is 3. The van der Waals surface area contributed by atoms with Crippen molar-refractivity contribution in [3.05, 3.63) is 23.6 Å². The third kappa shape index (κ3) is 5.10. The van der Waals surface area contributed by atoms with E-state index >= 15 is 0 Å². The Kier molecular flexibility index (Phi) is 5.83. The van der Waals surface area contributed by atoms with E-state index in [2.05, 4.69) is 15.6 Å². The van der Waals surface area contributed by atoms with Crippen molar-refractivity contribution in [3.8, 4) is 0 Å². The summed E-state index contributed by atoms with van der Waals surface area (Å²) >= 11 is 0. The summed E-state index contributed by atoms with van der Waals surface area (Å²) < 4.78 is 35.4. The van der Waals surface area contributed by atoms with Gasteiger partial charge in [-0.2, -0.15) is 0 Å². The lowest BCUT2D eigenvalue weighted by Gasteiger charge is -2.09. The van der Waals surface area contributed by atoms with Gasteiger partial charge in [-0.1, -0.05) is 6.92 Å². The summed E-state index contributed by atoms with van der Waals surface area (Å²) in [5, 5.41) is 9.84. The molecule has 0 aromatic carbocycles. The first kappa shape index (κ1) is 16.3. The normalized spacial score (nSPS) is 11.2. The lowest BCUT2D eigenvalue weighted by atomic mass is 10.2. The van der Waals surface area contributed by atoms with Crippen LogP contribution in [-0.2, 0) is 10.0 Å². The second kappa shape index (κ2) is 7.15. The van der Waals surface area contributed by atoms with E-state index in [9.17, 15) is 17.6 Å². The van der Waals surface area contributed by atoms with Crippen molar-refractivity contribution in [2.24, 2.45) is 5.14 Å². The van der Waals surface area contributed by atoms with Gasteiger partial charge in [0.05, 0.1) is 11.3 Å². The number of nitrogens with one attached hydrogen (secondary N) is 2. The molecule has 1 aromatic rings. The molecule has 0 bridgehead atoms. The zero-order valence-corrected chi connectivity index (χ0v) is 11.8. The maximum absolute atomic E-state index is 14.0. The molecule has 0 saturated heterocycles. The van der Waals surface area contributed by atoms with E-state index in [1.54, 1.807) is 0 Å². The predicted molar refractivity (Wildman–Crippen MR) is 73.3 cm³/mol. The van der Waals surface area contributed by atoms with E-state index in [0.29, 0.717) is 6.54 Å². The second-order valence-electron chi connectivity index (χ2n) is 4.07. The molecular weight excluding hydrogens is 287 g/mol. The molecule has 0 atom stereocenters. The Morgan fingerprint density at radius 2 is 2.15 bits per heavy atom. The van der Waals surface area contributed by atoms with Crippen LogP contribution in [-0.4, -0.2) is 38.2 Å². The number of carbonyl (C=O) groups excluding carboxylic acids is 1. The lowest BCUT2D eigenvalue weighted by molar-refractivity contribution is 0.0952. The van der Waals surface area contributed by atoms with Crippen molar-refractivity contribution < 1.29 is 17.6 Å². The number of anilines is 1. The van der Waals surface area contributed by atoms with Crippen LogP contribution < -0.4 is 15.8 Å². The van der Waals surface area contributed by atoms with Crippen LogP contribution in [0.2, 0.25) is 0 Å². The van der Waals surface area contributed by atoms with Crippen LogP contribution in [0.5, 0.6) is 0 Å². The van der Waals surface area contributed by atoms with Gasteiger partial charge in [-0.3, -0.25) is 4.79 Å². The van der Waals surface area contributed by atoms with Crippen LogP contribution in [0.4, 0.5) is 10.2 Å². The Morgan fingerprint density at radius 3 is 2.75 bits per heavy atom. The largest absolute Gasteiger partial charge is 0.368 e. The van der Waals surface area contributed by atoms with Crippen molar-refractivity contribution in [2.75, 3.05) is 24.2 Å². The zero-order chi connectivity index (χ0) is 15.2. The van der Waals surface area contributed by atoms with Crippen LogP contribution in [0.25, 0.3) is 0 Å². The van der Waals surface area contributed by atoms with E-state index in [1.807, 2.05) is 6.92 Å². The Bertz CT molecular complexity index is 577. The molecule has 0 radical (unpaired) electrons. The first-order valence-corrected chi connectivity index (χ1v) is 7.73. The first-order valence-electron chi connectivity index (χ1n) is 6.02. The highest BCUT2D eigenvalue weighted by Crippen LogP contribution is 2.14. The van der Waals surface area contributed by atoms with Gasteiger partial charge in [-0.15, -0.1) is 0 Å². The molecule has 7 nitrogen and oxygen atoms in total. The van der Waals surface area contributed by atoms with Gasteiger partial charge in [0.1, 0.15) is 0 Å². The van der Waals surface area contributed by atoms with E-state index < -0.39 is 27.5 Å². The fourth-order valence-corrected chi connectivity index (χ4v) is 1.77. The van der Waals surface area contributed by atoms with Crippen molar-refractivity contribution >= 4 is 21.7 Å². The summed E-state index contributed by atoms with van der Waals surface area (Å²) in [7, 11) is -3.67. The summed E-state index contributed by atoms with van der Waals surface area (Å²) in [6.45, 7) is 2.26. The number of sulfonamides is 1. The fourth-order valence-electron chi connectivity index (χ4n) is 1.39. The molecule has 0 spiro atoms. The van der Waals surface area contributed by atoms with Crippen molar-refractivity contribution in [2.45, 2.75) is 13.3 Å². The number of nitrogens with two attached hydrogens (primary N) is 1. The standard InChI is InChI=1S/C11H17FN4O3S/c1-2-4-14-10-9(12)8(3-5-15-10)11(17)16-6-7-20(13,18)19/h3,5H,2,4,6-7H2,1H3,(H,14,15)(H,16,17)(H2,13,18,19). The number of pyridine rings is 1. The quantitative estimate of drug-likeness (QED) is 0.659. The molecule has 0 saturated carbocycles. The van der Waals surface area contributed by atoms with Crippen LogP contribution in [0, 0.1) is 5.82 Å². The number of hydrogen-bond acceptors (Lipinski definition) is 5. The Morgan fingerprint density at radius 1 is 1.45 bits per heavy atom. The van der Waals surface area contributed by atoms with Gasteiger partial charge < -0.3 is 10.6 Å². The molecule has 1 heterocycles. The van der Waals surface area contributed by atoms with Gasteiger partial charge in [0.2, 0.25) is 10.0 Å². The molecule has 9 heteroatoms. The number of rotatable bonds is 7. The van der Waals surface area contributed by atoms with E-state index in [-0.39, 0.29) is 17.9 Å². The summed E-state index contributed by atoms with van der Waals surface area (Å²) in [5.41, 5.74) is -0.201. The topological polar surface area (TPSA) is 114 Å². The summed E-state index contributed by atoms with van der Waals surface area (Å²) in [6, 6.07) is 1.22.